The number of hydrogen-bond acceptors (Lipinski definition) is 15. The van der Waals surface area contributed by atoms with E-state index in [1.165, 1.54) is 4.90 Å². The van der Waals surface area contributed by atoms with E-state index in [2.05, 4.69) is 50.3 Å². The number of anilines is 2. The van der Waals surface area contributed by atoms with Gasteiger partial charge in [-0.2, -0.15) is 15.2 Å². The molecule has 0 aliphatic carbocycles. The molecular weight excluding hydrogens is 1080 g/mol. The largest absolute Gasteiger partial charge is 0.427 e. The van der Waals surface area contributed by atoms with Gasteiger partial charge in [-0.25, -0.2) is 9.37 Å². The second-order valence-corrected chi connectivity index (χ2v) is 25.1. The van der Waals surface area contributed by atoms with Crippen molar-refractivity contribution < 1.29 is 33.4 Å². The minimum absolute atomic E-state index is 0.00567. The fourth-order valence-electron chi connectivity index (χ4n) is 12.5. The predicted octanol–water partition coefficient (Wildman–Crippen LogP) is 8.63. The number of fused-ring (bicyclic) bond motifs is 4. The minimum Gasteiger partial charge on any atom is -0.427 e. The van der Waals surface area contributed by atoms with Crippen LogP contribution in [0.25, 0.3) is 43.4 Å². The number of hydrogen-bond donors (Lipinski definition) is 5. The van der Waals surface area contributed by atoms with Gasteiger partial charge in [-0.15, -0.1) is 11.3 Å². The second kappa shape index (κ2) is 23.5. The number of nitrogen functional groups attached to an aromatic ring is 1. The Bertz CT molecular complexity index is 3490. The van der Waals surface area contributed by atoms with Crippen LogP contribution in [0.3, 0.4) is 0 Å². The van der Waals surface area contributed by atoms with E-state index in [4.69, 9.17) is 36.8 Å². The number of likely N-dealkylation sites (tertiary alicyclic amines) is 2. The maximum Gasteiger partial charge on any atom is 0.324 e. The number of aliphatic hydroxyl groups excluding tert-OH is 1. The smallest absolute Gasteiger partial charge is 0.324 e. The molecule has 21 heteroatoms. The van der Waals surface area contributed by atoms with Crippen molar-refractivity contribution >= 4 is 74.0 Å². The summed E-state index contributed by atoms with van der Waals surface area (Å²) < 4.78 is 32.2. The van der Waals surface area contributed by atoms with E-state index >= 15 is 4.39 Å². The highest BCUT2D eigenvalue weighted by molar-refractivity contribution is 7.13. The molecule has 6 aromatic rings. The number of aliphatic hydroxyl groups is 1. The molecule has 434 valence electrons. The topological polar surface area (TPSA) is 229 Å². The Morgan fingerprint density at radius 3 is 2.49 bits per heavy atom. The van der Waals surface area contributed by atoms with Crippen LogP contribution in [0, 0.1) is 36.4 Å². The molecule has 3 amide bonds. The third kappa shape index (κ3) is 11.4. The molecule has 4 aliphatic rings. The first-order valence-electron chi connectivity index (χ1n) is 28.3. The van der Waals surface area contributed by atoms with Crippen molar-refractivity contribution in [3.63, 3.8) is 0 Å². The molecule has 7 heterocycles. The highest BCUT2D eigenvalue weighted by Gasteiger charge is 2.45. The van der Waals surface area contributed by atoms with Crippen molar-refractivity contribution in [3.05, 3.63) is 93.7 Å². The number of halogens is 2. The van der Waals surface area contributed by atoms with Crippen LogP contribution < -0.4 is 31.3 Å². The van der Waals surface area contributed by atoms with Crippen LogP contribution in [0.2, 0.25) is 5.02 Å². The molecule has 4 aliphatic heterocycles. The number of rotatable bonds is 18. The number of β-amino-alcohol motifs (C(OH)–C–C–N with tert-alkyl or cyclic N) is 1. The van der Waals surface area contributed by atoms with E-state index in [-0.39, 0.29) is 89.3 Å². The summed E-state index contributed by atoms with van der Waals surface area (Å²) >= 11 is 8.70. The summed E-state index contributed by atoms with van der Waals surface area (Å²) in [5.41, 5.74) is 12.2. The monoisotopic (exact) mass is 1160 g/mol. The van der Waals surface area contributed by atoms with Crippen molar-refractivity contribution in [1.82, 2.24) is 45.3 Å². The average molecular weight is 1160 g/mol. The van der Waals surface area contributed by atoms with E-state index in [1.54, 1.807) is 23.5 Å². The molecule has 2 unspecified atom stereocenters. The van der Waals surface area contributed by atoms with Gasteiger partial charge >= 0.3 is 6.01 Å². The van der Waals surface area contributed by atoms with Gasteiger partial charge in [0.1, 0.15) is 35.2 Å². The Kier molecular flexibility index (Phi) is 16.8. The van der Waals surface area contributed by atoms with Gasteiger partial charge in [0.25, 0.3) is 0 Å². The Labute approximate surface area is 487 Å². The molecule has 0 radical (unpaired) electrons. The summed E-state index contributed by atoms with van der Waals surface area (Å²) in [6, 6.07) is 13.6. The third-order valence-electron chi connectivity index (χ3n) is 17.3. The number of carbonyl (C=O) groups excluding carboxylic acids is 3. The minimum atomic E-state index is -0.971. The lowest BCUT2D eigenvalue weighted by molar-refractivity contribution is -0.144. The zero-order valence-electron chi connectivity index (χ0n) is 48.0. The van der Waals surface area contributed by atoms with Crippen LogP contribution in [0.15, 0.2) is 60.3 Å². The lowest BCUT2D eigenvalue weighted by Crippen LogP contribution is -2.58. The molecule has 10 rings (SSSR count). The quantitative estimate of drug-likeness (QED) is 0.0308. The molecule has 82 heavy (non-hydrogen) atoms. The molecule has 3 aromatic carbocycles. The summed E-state index contributed by atoms with van der Waals surface area (Å²) in [6.45, 7) is 20.9. The number of piperazine rings is 1. The van der Waals surface area contributed by atoms with E-state index in [0.717, 1.165) is 53.9 Å². The molecule has 0 saturated carbocycles. The van der Waals surface area contributed by atoms with Crippen molar-refractivity contribution in [2.45, 2.75) is 135 Å². The van der Waals surface area contributed by atoms with E-state index in [1.807, 2.05) is 89.0 Å². The van der Waals surface area contributed by atoms with Crippen LogP contribution in [-0.2, 0) is 26.2 Å². The number of nitrogens with zero attached hydrogens (tertiary/aromatic N) is 8. The van der Waals surface area contributed by atoms with Crippen LogP contribution >= 0.6 is 22.9 Å². The Morgan fingerprint density at radius 2 is 1.80 bits per heavy atom. The van der Waals surface area contributed by atoms with Crippen molar-refractivity contribution in [1.29, 1.82) is 5.26 Å². The first kappa shape index (κ1) is 58.5. The van der Waals surface area contributed by atoms with Gasteiger partial charge in [-0.05, 0) is 101 Å². The summed E-state index contributed by atoms with van der Waals surface area (Å²) in [5.74, 6) is -0.919. The molecule has 0 spiro atoms. The number of nitrogens with two attached hydrogens (primary N) is 1. The molecule has 3 aromatic heterocycles. The Balaban J connectivity index is 0.767. The van der Waals surface area contributed by atoms with Gasteiger partial charge in [0.05, 0.1) is 62.2 Å². The third-order valence-corrected chi connectivity index (χ3v) is 18.5. The molecule has 7 atom stereocenters. The summed E-state index contributed by atoms with van der Waals surface area (Å²) in [6.07, 6.45) is 3.48. The highest BCUT2D eigenvalue weighted by Crippen LogP contribution is 2.46. The van der Waals surface area contributed by atoms with Crippen LogP contribution in [0.4, 0.5) is 15.9 Å². The number of amides is 3. The predicted molar refractivity (Wildman–Crippen MR) is 318 cm³/mol. The number of nitriles is 1. The standard InChI is InChI=1S/C61H74ClFN12O6S/c1-33(37-12-14-38(15-13-37)54-34(2)66-32-82-54)67-57(78)47-26-41(76)31-75(47)58(79)55(60(5,6)7)69-48(77)20-25-80-24-11-23-74-22-10-21-61(74,8)36(4)81-59-70-53-42(56(71-59)73-29-39-16-17-40(30-73)68-39)27-44(62)51(52(53)63)49-35(3)72(9)46-19-18-45(65)43(28-64)50(46)49/h12-15,18-19,27,32-33,39-41,47,55,68,76H,4,10-11,16-17,20-26,29-31,65H2,1-3,5-9H3,(H,67,78)(H,69,77)/t33-,39?,40?,41+,47-,55+,61-/m0/s1. The summed E-state index contributed by atoms with van der Waals surface area (Å²) in [4.78, 5) is 62.7. The van der Waals surface area contributed by atoms with Crippen LogP contribution in [-0.4, -0.2) is 134 Å². The fourth-order valence-corrected chi connectivity index (χ4v) is 13.6. The number of ether oxygens (including phenoxy) is 2. The summed E-state index contributed by atoms with van der Waals surface area (Å²) in [7, 11) is 1.86. The van der Waals surface area contributed by atoms with E-state index in [9.17, 15) is 24.8 Å². The van der Waals surface area contributed by atoms with Gasteiger partial charge in [0.2, 0.25) is 17.7 Å². The van der Waals surface area contributed by atoms with Gasteiger partial charge in [0.15, 0.2) is 5.82 Å². The molecule has 6 N–H and O–H groups in total. The maximum absolute atomic E-state index is 17.7. The number of nitrogens with one attached hydrogen (secondary N) is 3. The highest BCUT2D eigenvalue weighted by atomic mass is 35.5. The normalized spacial score (nSPS) is 21.7. The van der Waals surface area contributed by atoms with Crippen molar-refractivity contribution in [2.24, 2.45) is 12.5 Å². The number of aryl methyl sites for hydroxylation is 2. The average Bonchev–Trinajstić information content (AvgIpc) is 2.42. The number of thiazole rings is 1. The van der Waals surface area contributed by atoms with Crippen LogP contribution in [0.5, 0.6) is 6.01 Å². The zero-order valence-corrected chi connectivity index (χ0v) is 49.6. The number of carbonyl (C=O) groups is 3. The molecule has 4 saturated heterocycles. The molecule has 4 fully saturated rings. The fraction of sp³-hybridized carbons (Fsp3) is 0.492. The van der Waals surface area contributed by atoms with E-state index in [0.29, 0.717) is 71.8 Å². The second-order valence-electron chi connectivity index (χ2n) is 23.9. The molecule has 18 nitrogen and oxygen atoms in total. The van der Waals surface area contributed by atoms with E-state index < -0.39 is 40.9 Å². The molecular formula is C61H74ClFN12O6S. The Morgan fingerprint density at radius 1 is 1.07 bits per heavy atom. The zero-order chi connectivity index (χ0) is 58.5. The van der Waals surface area contributed by atoms with Crippen molar-refractivity contribution in [2.75, 3.05) is 56.6 Å². The van der Waals surface area contributed by atoms with Crippen molar-refractivity contribution in [3.8, 4) is 33.6 Å². The first-order chi connectivity index (χ1) is 39.1. The SMILES string of the molecule is C=C(Oc1nc(N2CC3CCC(C2)N3)c2cc(Cl)c(-c3c(C)n(C)c4ccc(N)c(C#N)c34)c(F)c2n1)[C@]1(C)CCCN1CCCOCCC(=O)N[C@H](C(=O)N1C[C@H](O)C[C@H]1C(=O)N[C@@H](C)c1ccc(-c2scnc2C)cc1)C(C)(C)C. The lowest BCUT2D eigenvalue weighted by Gasteiger charge is -2.36. The van der Waals surface area contributed by atoms with Crippen LogP contribution in [0.1, 0.15) is 108 Å². The Hall–Kier alpha value is -6.73. The first-order valence-corrected chi connectivity index (χ1v) is 29.6. The lowest BCUT2D eigenvalue weighted by atomic mass is 9.85. The van der Waals surface area contributed by atoms with Gasteiger partial charge in [-0.3, -0.25) is 19.3 Å². The maximum atomic E-state index is 17.7. The van der Waals surface area contributed by atoms with Gasteiger partial charge in [0, 0.05) is 92.4 Å². The van der Waals surface area contributed by atoms with Gasteiger partial charge in [-0.1, -0.05) is 63.2 Å². The number of aromatic nitrogens is 4. The van der Waals surface area contributed by atoms with Gasteiger partial charge < -0.3 is 50.6 Å². The summed E-state index contributed by atoms with van der Waals surface area (Å²) in [5, 5.41) is 31.8. The number of benzene rings is 3. The molecule has 2 bridgehead atoms.